The number of amides is 3. The van der Waals surface area contributed by atoms with Gasteiger partial charge in [0.2, 0.25) is 17.7 Å². The van der Waals surface area contributed by atoms with E-state index in [1.807, 2.05) is 48.6 Å². The highest BCUT2D eigenvalue weighted by molar-refractivity contribution is 6.30. The summed E-state index contributed by atoms with van der Waals surface area (Å²) in [6.07, 6.45) is 6.25. The Bertz CT molecular complexity index is 1390. The van der Waals surface area contributed by atoms with Gasteiger partial charge in [0.1, 0.15) is 11.6 Å². The lowest BCUT2D eigenvalue weighted by Gasteiger charge is -2.38. The number of fused-ring (bicyclic) bond motifs is 1. The van der Waals surface area contributed by atoms with E-state index in [9.17, 15) is 14.4 Å². The van der Waals surface area contributed by atoms with E-state index in [-0.39, 0.29) is 30.3 Å². The number of carbonyl (C=O) groups is 3. The molecule has 1 spiro atoms. The van der Waals surface area contributed by atoms with Gasteiger partial charge < -0.3 is 20.3 Å². The van der Waals surface area contributed by atoms with Crippen molar-refractivity contribution in [3.63, 3.8) is 0 Å². The molecular formula is C34H40ClN3O4. The first kappa shape index (κ1) is 28.9. The molecule has 222 valence electrons. The van der Waals surface area contributed by atoms with Crippen molar-refractivity contribution in [2.24, 2.45) is 23.7 Å². The molecule has 8 atom stereocenters. The average Bonchev–Trinajstić information content (AvgIpc) is 3.60. The van der Waals surface area contributed by atoms with Crippen molar-refractivity contribution in [3.8, 4) is 0 Å². The van der Waals surface area contributed by atoms with Gasteiger partial charge in [-0.15, -0.1) is 0 Å². The van der Waals surface area contributed by atoms with E-state index < -0.39 is 29.6 Å². The maximum atomic E-state index is 14.3. The molecule has 2 N–H and O–H groups in total. The second-order valence-corrected chi connectivity index (χ2v) is 13.4. The molecule has 7 nitrogen and oxygen atoms in total. The minimum Gasteiger partial charge on any atom is -0.359 e. The number of rotatable bonds is 7. The third-order valence-corrected chi connectivity index (χ3v) is 10.3. The van der Waals surface area contributed by atoms with Gasteiger partial charge in [-0.05, 0) is 59.6 Å². The third-order valence-electron chi connectivity index (χ3n) is 10.1. The molecule has 2 aromatic carbocycles. The van der Waals surface area contributed by atoms with Crippen LogP contribution in [0.5, 0.6) is 0 Å². The monoisotopic (exact) mass is 589 g/mol. The smallest absolute Gasteiger partial charge is 0.246 e. The lowest BCUT2D eigenvalue weighted by atomic mass is 9.73. The maximum Gasteiger partial charge on any atom is 0.246 e. The van der Waals surface area contributed by atoms with E-state index in [0.717, 1.165) is 24.8 Å². The van der Waals surface area contributed by atoms with Gasteiger partial charge in [0.15, 0.2) is 0 Å². The number of nitrogens with one attached hydrogen (secondary N) is 2. The second kappa shape index (κ2) is 11.2. The van der Waals surface area contributed by atoms with E-state index in [0.29, 0.717) is 28.5 Å². The number of carbonyl (C=O) groups excluding carboxylic acids is 3. The van der Waals surface area contributed by atoms with Crippen LogP contribution in [0.1, 0.15) is 64.0 Å². The summed E-state index contributed by atoms with van der Waals surface area (Å²) in [4.78, 5) is 43.9. The fourth-order valence-corrected chi connectivity index (χ4v) is 7.57. The number of hydrogen-bond acceptors (Lipinski definition) is 4. The van der Waals surface area contributed by atoms with Crippen molar-refractivity contribution in [2.45, 2.75) is 83.2 Å². The standard InChI is InChI=1S/C34H40ClN3O4/c1-19(2)23-10-14-25(15-11-23)36-31(39)28-27-16-17-34(42-27)29(28)33(41)38(18-22-8-12-24(35)13-9-22)30(34)32(40)37-26-7-5-6-20(3)21(26)4/h8-17,19-21,26-30H,5-7,18H2,1-4H3,(H,36,39)(H,37,40)/t20-,21+,26+,27+,28-,29+,30+,34+/m0/s1. The number of halogens is 1. The number of likely N-dealkylation sites (tertiary alicyclic amines) is 1. The molecule has 3 fully saturated rings. The van der Waals surface area contributed by atoms with Gasteiger partial charge in [-0.25, -0.2) is 0 Å². The van der Waals surface area contributed by atoms with Crippen molar-refractivity contribution >= 4 is 35.0 Å². The summed E-state index contributed by atoms with van der Waals surface area (Å²) in [5.74, 6) is -1.06. The first-order chi connectivity index (χ1) is 20.1. The lowest BCUT2D eigenvalue weighted by Crippen LogP contribution is -2.57. The predicted octanol–water partition coefficient (Wildman–Crippen LogP) is 5.69. The molecule has 6 rings (SSSR count). The second-order valence-electron chi connectivity index (χ2n) is 12.9. The van der Waals surface area contributed by atoms with Crippen molar-refractivity contribution in [1.29, 1.82) is 0 Å². The average molecular weight is 590 g/mol. The highest BCUT2D eigenvalue weighted by Gasteiger charge is 2.72. The Kier molecular flexibility index (Phi) is 7.69. The van der Waals surface area contributed by atoms with Crippen LogP contribution in [-0.2, 0) is 25.7 Å². The Balaban J connectivity index is 1.30. The number of ether oxygens (including phenoxy) is 1. The van der Waals surface area contributed by atoms with Crippen LogP contribution in [0.4, 0.5) is 5.69 Å². The fraction of sp³-hybridized carbons (Fsp3) is 0.500. The van der Waals surface area contributed by atoms with Crippen molar-refractivity contribution in [3.05, 3.63) is 76.8 Å². The Morgan fingerprint density at radius 2 is 1.76 bits per heavy atom. The summed E-state index contributed by atoms with van der Waals surface area (Å²) < 4.78 is 6.52. The largest absolute Gasteiger partial charge is 0.359 e. The molecule has 1 aliphatic carbocycles. The van der Waals surface area contributed by atoms with Gasteiger partial charge in [-0.3, -0.25) is 14.4 Å². The molecule has 0 aromatic heterocycles. The Morgan fingerprint density at radius 3 is 2.45 bits per heavy atom. The van der Waals surface area contributed by atoms with Gasteiger partial charge >= 0.3 is 0 Å². The van der Waals surface area contributed by atoms with Crippen LogP contribution in [0, 0.1) is 23.7 Å². The molecule has 3 aliphatic heterocycles. The lowest BCUT2D eigenvalue weighted by molar-refractivity contribution is -0.142. The summed E-state index contributed by atoms with van der Waals surface area (Å²) in [5.41, 5.74) is 1.50. The van der Waals surface area contributed by atoms with Crippen molar-refractivity contribution < 1.29 is 19.1 Å². The van der Waals surface area contributed by atoms with Crippen molar-refractivity contribution in [2.75, 3.05) is 5.32 Å². The quantitative estimate of drug-likeness (QED) is 0.406. The molecule has 2 aromatic rings. The summed E-state index contributed by atoms with van der Waals surface area (Å²) in [6.45, 7) is 8.88. The fourth-order valence-electron chi connectivity index (χ4n) is 7.45. The van der Waals surface area contributed by atoms with Crippen LogP contribution in [0.3, 0.4) is 0 Å². The maximum absolute atomic E-state index is 14.3. The van der Waals surface area contributed by atoms with Crippen LogP contribution < -0.4 is 10.6 Å². The van der Waals surface area contributed by atoms with Crippen LogP contribution in [-0.4, -0.2) is 46.4 Å². The summed E-state index contributed by atoms with van der Waals surface area (Å²) >= 11 is 6.12. The highest BCUT2D eigenvalue weighted by atomic mass is 35.5. The van der Waals surface area contributed by atoms with Crippen LogP contribution >= 0.6 is 11.6 Å². The van der Waals surface area contributed by atoms with Gasteiger partial charge in [0.25, 0.3) is 0 Å². The number of anilines is 1. The van der Waals surface area contributed by atoms with Crippen LogP contribution in [0.2, 0.25) is 5.02 Å². The van der Waals surface area contributed by atoms with E-state index in [2.05, 4.69) is 38.3 Å². The number of nitrogens with zero attached hydrogens (tertiary/aromatic N) is 1. The molecule has 4 aliphatic rings. The summed E-state index contributed by atoms with van der Waals surface area (Å²) in [5, 5.41) is 6.92. The van der Waals surface area contributed by atoms with Crippen LogP contribution in [0.25, 0.3) is 0 Å². The number of benzene rings is 2. The van der Waals surface area contributed by atoms with E-state index >= 15 is 0 Å². The molecule has 2 bridgehead atoms. The first-order valence-electron chi connectivity index (χ1n) is 15.2. The molecule has 3 amide bonds. The van der Waals surface area contributed by atoms with Gasteiger partial charge in [0, 0.05) is 23.3 Å². The Labute approximate surface area is 253 Å². The first-order valence-corrected chi connectivity index (χ1v) is 15.6. The minimum absolute atomic E-state index is 0.0275. The van der Waals surface area contributed by atoms with E-state index in [1.54, 1.807) is 17.0 Å². The zero-order chi connectivity index (χ0) is 29.8. The molecule has 1 saturated carbocycles. The van der Waals surface area contributed by atoms with E-state index in [4.69, 9.17) is 16.3 Å². The molecular weight excluding hydrogens is 550 g/mol. The Morgan fingerprint density at radius 1 is 1.05 bits per heavy atom. The molecule has 42 heavy (non-hydrogen) atoms. The number of hydrogen-bond donors (Lipinski definition) is 2. The summed E-state index contributed by atoms with van der Waals surface area (Å²) in [7, 11) is 0. The molecule has 0 unspecified atom stereocenters. The predicted molar refractivity (Wildman–Crippen MR) is 163 cm³/mol. The third kappa shape index (κ3) is 4.94. The topological polar surface area (TPSA) is 87.7 Å². The zero-order valence-electron chi connectivity index (χ0n) is 24.7. The van der Waals surface area contributed by atoms with Gasteiger partial charge in [-0.1, -0.05) is 88.6 Å². The summed E-state index contributed by atoms with van der Waals surface area (Å²) in [6, 6.07) is 14.2. The SMILES string of the molecule is CC(C)c1ccc(NC(=O)[C@H]2[C@H]3C=C[C@@]4(O3)[C@H]2C(=O)N(Cc2ccc(Cl)cc2)[C@@H]4C(=O)N[C@@H]2CCC[C@H](C)[C@H]2C)cc1. The van der Waals surface area contributed by atoms with Crippen LogP contribution in [0.15, 0.2) is 60.7 Å². The van der Waals surface area contributed by atoms with Crippen molar-refractivity contribution in [1.82, 2.24) is 10.2 Å². The molecule has 8 heteroatoms. The minimum atomic E-state index is -1.20. The Hall–Kier alpha value is -3.16. The van der Waals surface area contributed by atoms with Gasteiger partial charge in [-0.2, -0.15) is 0 Å². The normalized spacial score (nSPS) is 33.2. The van der Waals surface area contributed by atoms with Gasteiger partial charge in [0.05, 0.1) is 17.9 Å². The zero-order valence-corrected chi connectivity index (χ0v) is 25.4. The molecule has 3 heterocycles. The molecule has 0 radical (unpaired) electrons. The molecule has 2 saturated heterocycles. The van der Waals surface area contributed by atoms with E-state index in [1.165, 1.54) is 5.56 Å². The highest BCUT2D eigenvalue weighted by Crippen LogP contribution is 2.55.